The van der Waals surface area contributed by atoms with Crippen LogP contribution in [0.1, 0.15) is 31.4 Å². The van der Waals surface area contributed by atoms with Crippen LogP contribution in [0.5, 0.6) is 11.5 Å². The zero-order valence-corrected chi connectivity index (χ0v) is 16.1. The van der Waals surface area contributed by atoms with Crippen molar-refractivity contribution in [2.75, 3.05) is 27.2 Å². The average Bonchev–Trinajstić information content (AvgIpc) is 2.66. The van der Waals surface area contributed by atoms with E-state index in [-0.39, 0.29) is 11.9 Å². The van der Waals surface area contributed by atoms with Crippen molar-refractivity contribution in [2.45, 2.75) is 25.8 Å². The number of benzene rings is 2. The van der Waals surface area contributed by atoms with Crippen molar-refractivity contribution in [3.05, 3.63) is 59.9 Å². The van der Waals surface area contributed by atoms with Crippen LogP contribution in [-0.2, 0) is 0 Å². The zero-order valence-electron chi connectivity index (χ0n) is 16.1. The lowest BCUT2D eigenvalue weighted by Crippen LogP contribution is -2.25. The topological polar surface area (TPSA) is 50.8 Å². The van der Waals surface area contributed by atoms with E-state index in [4.69, 9.17) is 9.47 Å². The van der Waals surface area contributed by atoms with E-state index in [1.54, 1.807) is 38.4 Å². The number of hydrogen-bond acceptors (Lipinski definition) is 4. The molecule has 1 unspecified atom stereocenters. The summed E-state index contributed by atoms with van der Waals surface area (Å²) >= 11 is 0. The van der Waals surface area contributed by atoms with E-state index in [0.29, 0.717) is 18.1 Å². The summed E-state index contributed by atoms with van der Waals surface area (Å²) in [5.41, 5.74) is 1.09. The first-order chi connectivity index (χ1) is 13.0. The van der Waals surface area contributed by atoms with Crippen LogP contribution >= 0.6 is 0 Å². The lowest BCUT2D eigenvalue weighted by atomic mass is 10.0. The molecule has 0 fully saturated rings. The minimum atomic E-state index is -0.406. The van der Waals surface area contributed by atoms with Gasteiger partial charge >= 0.3 is 6.09 Å². The number of carbonyl (C=O) groups is 1. The zero-order chi connectivity index (χ0) is 19.6. The van der Waals surface area contributed by atoms with Gasteiger partial charge in [0, 0.05) is 26.6 Å². The number of halogens is 1. The normalized spacial score (nSPS) is 11.7. The Hall–Kier alpha value is -2.60. The molecule has 6 heteroatoms. The number of nitrogens with zero attached hydrogens (tertiary/aromatic N) is 1. The number of hydrogen-bond donors (Lipinski definition) is 1. The summed E-state index contributed by atoms with van der Waals surface area (Å²) in [4.78, 5) is 13.0. The number of carbonyl (C=O) groups excluding carboxylic acids is 1. The quantitative estimate of drug-likeness (QED) is 0.707. The van der Waals surface area contributed by atoms with Crippen LogP contribution in [0.2, 0.25) is 0 Å². The highest BCUT2D eigenvalue weighted by Gasteiger charge is 2.12. The molecule has 27 heavy (non-hydrogen) atoms. The van der Waals surface area contributed by atoms with Gasteiger partial charge in [0.05, 0.1) is 6.61 Å². The van der Waals surface area contributed by atoms with Gasteiger partial charge in [-0.3, -0.25) is 0 Å². The van der Waals surface area contributed by atoms with E-state index in [0.717, 1.165) is 24.9 Å². The van der Waals surface area contributed by atoms with Crippen LogP contribution in [0.25, 0.3) is 0 Å². The van der Waals surface area contributed by atoms with Gasteiger partial charge in [0.15, 0.2) is 0 Å². The monoisotopic (exact) mass is 374 g/mol. The fourth-order valence-corrected chi connectivity index (χ4v) is 2.49. The molecule has 5 nitrogen and oxygen atoms in total. The number of amides is 1. The molecule has 1 amide bonds. The molecule has 0 saturated carbocycles. The van der Waals surface area contributed by atoms with Gasteiger partial charge in [0.1, 0.15) is 17.3 Å². The SMILES string of the molecule is CCCNC(CCOc1ccc(F)cc1)c1ccc(OC(=O)N(C)C)cc1. The van der Waals surface area contributed by atoms with Crippen LogP contribution in [0, 0.1) is 5.82 Å². The Balaban J connectivity index is 1.95. The van der Waals surface area contributed by atoms with E-state index in [1.165, 1.54) is 17.0 Å². The van der Waals surface area contributed by atoms with Gasteiger partial charge in [0.2, 0.25) is 0 Å². The summed E-state index contributed by atoms with van der Waals surface area (Å²) in [6, 6.07) is 13.6. The Bertz CT molecular complexity index is 702. The molecule has 1 N–H and O–H groups in total. The maximum Gasteiger partial charge on any atom is 0.414 e. The van der Waals surface area contributed by atoms with Crippen molar-refractivity contribution in [3.63, 3.8) is 0 Å². The van der Waals surface area contributed by atoms with E-state index < -0.39 is 6.09 Å². The van der Waals surface area contributed by atoms with Gasteiger partial charge in [-0.25, -0.2) is 9.18 Å². The molecular formula is C21H27FN2O3. The highest BCUT2D eigenvalue weighted by molar-refractivity contribution is 5.69. The van der Waals surface area contributed by atoms with Crippen LogP contribution in [0.4, 0.5) is 9.18 Å². The molecule has 0 aliphatic carbocycles. The fraction of sp³-hybridized carbons (Fsp3) is 0.381. The average molecular weight is 374 g/mol. The predicted octanol–water partition coefficient (Wildman–Crippen LogP) is 4.40. The second kappa shape index (κ2) is 10.5. The van der Waals surface area contributed by atoms with Crippen LogP contribution < -0.4 is 14.8 Å². The second-order valence-corrected chi connectivity index (χ2v) is 6.43. The Morgan fingerprint density at radius 3 is 2.30 bits per heavy atom. The molecule has 0 saturated heterocycles. The highest BCUT2D eigenvalue weighted by Crippen LogP contribution is 2.22. The summed E-state index contributed by atoms with van der Waals surface area (Å²) in [5.74, 6) is 0.880. The van der Waals surface area contributed by atoms with Crippen LogP contribution in [0.3, 0.4) is 0 Å². The molecule has 2 aromatic rings. The van der Waals surface area contributed by atoms with Gasteiger partial charge in [-0.15, -0.1) is 0 Å². The van der Waals surface area contributed by atoms with Gasteiger partial charge in [0.25, 0.3) is 0 Å². The predicted molar refractivity (Wildman–Crippen MR) is 104 cm³/mol. The molecule has 0 aliphatic rings. The van der Waals surface area contributed by atoms with Crippen molar-refractivity contribution < 1.29 is 18.7 Å². The molecule has 0 bridgehead atoms. The minimum absolute atomic E-state index is 0.115. The van der Waals surface area contributed by atoms with Crippen LogP contribution in [0.15, 0.2) is 48.5 Å². The lowest BCUT2D eigenvalue weighted by molar-refractivity contribution is 0.172. The van der Waals surface area contributed by atoms with Crippen molar-refractivity contribution in [3.8, 4) is 11.5 Å². The van der Waals surface area contributed by atoms with Crippen molar-refractivity contribution in [1.82, 2.24) is 10.2 Å². The first kappa shape index (κ1) is 20.7. The molecule has 0 spiro atoms. The molecule has 2 aromatic carbocycles. The highest BCUT2D eigenvalue weighted by atomic mass is 19.1. The lowest BCUT2D eigenvalue weighted by Gasteiger charge is -2.20. The molecule has 2 rings (SSSR count). The maximum absolute atomic E-state index is 13.0. The molecule has 0 heterocycles. The fourth-order valence-electron chi connectivity index (χ4n) is 2.49. The van der Waals surface area contributed by atoms with E-state index in [1.807, 2.05) is 12.1 Å². The molecular weight excluding hydrogens is 347 g/mol. The second-order valence-electron chi connectivity index (χ2n) is 6.43. The van der Waals surface area contributed by atoms with Gasteiger partial charge < -0.3 is 19.7 Å². The number of nitrogens with one attached hydrogen (secondary N) is 1. The third-order valence-corrected chi connectivity index (χ3v) is 3.98. The first-order valence-corrected chi connectivity index (χ1v) is 9.10. The maximum atomic E-state index is 13.0. The Morgan fingerprint density at radius 1 is 1.07 bits per heavy atom. The largest absolute Gasteiger partial charge is 0.494 e. The number of rotatable bonds is 9. The van der Waals surface area contributed by atoms with Crippen molar-refractivity contribution >= 4 is 6.09 Å². The Labute approximate surface area is 160 Å². The third-order valence-electron chi connectivity index (χ3n) is 3.98. The van der Waals surface area contributed by atoms with Crippen molar-refractivity contribution in [2.24, 2.45) is 0 Å². The van der Waals surface area contributed by atoms with E-state index >= 15 is 0 Å². The smallest absolute Gasteiger partial charge is 0.414 e. The van der Waals surface area contributed by atoms with Gasteiger partial charge in [-0.1, -0.05) is 19.1 Å². The van der Waals surface area contributed by atoms with Gasteiger partial charge in [-0.05, 0) is 54.9 Å². The van der Waals surface area contributed by atoms with E-state index in [2.05, 4.69) is 12.2 Å². The summed E-state index contributed by atoms with van der Waals surface area (Å²) < 4.78 is 23.9. The van der Waals surface area contributed by atoms with Crippen LogP contribution in [-0.4, -0.2) is 38.2 Å². The van der Waals surface area contributed by atoms with Crippen molar-refractivity contribution in [1.29, 1.82) is 0 Å². The summed E-state index contributed by atoms with van der Waals surface area (Å²) in [6.45, 7) is 3.51. The molecule has 1 atom stereocenters. The molecule has 0 aromatic heterocycles. The molecule has 0 radical (unpaired) electrons. The molecule has 0 aliphatic heterocycles. The summed E-state index contributed by atoms with van der Waals surface area (Å²) in [5, 5.41) is 3.50. The van der Waals surface area contributed by atoms with E-state index in [9.17, 15) is 9.18 Å². The summed E-state index contributed by atoms with van der Waals surface area (Å²) in [6.07, 6.45) is 1.37. The Kier molecular flexibility index (Phi) is 8.07. The standard InChI is InChI=1S/C21H27FN2O3/c1-4-14-23-20(13-15-26-18-11-7-17(22)8-12-18)16-5-9-19(10-6-16)27-21(25)24(2)3/h5-12,20,23H,4,13-15H2,1-3H3. The Morgan fingerprint density at radius 2 is 1.70 bits per heavy atom. The summed E-state index contributed by atoms with van der Waals surface area (Å²) in [7, 11) is 3.28. The number of ether oxygens (including phenoxy) is 2. The minimum Gasteiger partial charge on any atom is -0.494 e. The molecule has 146 valence electrons. The third kappa shape index (κ3) is 6.90. The van der Waals surface area contributed by atoms with Gasteiger partial charge in [-0.2, -0.15) is 0 Å². The first-order valence-electron chi connectivity index (χ1n) is 9.10.